The highest BCUT2D eigenvalue weighted by Gasteiger charge is 2.20. The number of rotatable bonds is 5. The molecule has 142 valence electrons. The number of ether oxygens (including phenoxy) is 1. The SMILES string of the molecule is CC(C)CC1=Nc2cc(C(=O)NCc3ccco3)ccc2Oc2ccccc21. The molecule has 3 aromatic rings. The van der Waals surface area contributed by atoms with Crippen LogP contribution in [0.15, 0.2) is 70.3 Å². The highest BCUT2D eigenvalue weighted by atomic mass is 16.5. The maximum absolute atomic E-state index is 12.5. The molecule has 0 aliphatic carbocycles. The zero-order valence-electron chi connectivity index (χ0n) is 15.9. The lowest BCUT2D eigenvalue weighted by Gasteiger charge is -2.10. The van der Waals surface area contributed by atoms with Gasteiger partial charge in [0, 0.05) is 11.1 Å². The number of hydrogen-bond acceptors (Lipinski definition) is 4. The number of para-hydroxylation sites is 1. The van der Waals surface area contributed by atoms with Gasteiger partial charge < -0.3 is 14.5 Å². The van der Waals surface area contributed by atoms with Gasteiger partial charge in [-0.3, -0.25) is 4.79 Å². The molecule has 0 spiro atoms. The molecular weight excluding hydrogens is 352 g/mol. The Kier molecular flexibility index (Phi) is 4.98. The Hall–Kier alpha value is -3.34. The van der Waals surface area contributed by atoms with E-state index in [2.05, 4.69) is 19.2 Å². The molecule has 1 aliphatic rings. The topological polar surface area (TPSA) is 63.8 Å². The van der Waals surface area contributed by atoms with Crippen LogP contribution in [0.1, 0.15) is 41.9 Å². The first kappa shape index (κ1) is 18.0. The van der Waals surface area contributed by atoms with E-state index in [0.717, 1.165) is 23.4 Å². The van der Waals surface area contributed by atoms with Crippen LogP contribution in [0, 0.1) is 5.92 Å². The predicted octanol–water partition coefficient (Wildman–Crippen LogP) is 5.48. The first-order valence-electron chi connectivity index (χ1n) is 9.39. The van der Waals surface area contributed by atoms with Crippen molar-refractivity contribution in [3.05, 3.63) is 77.7 Å². The van der Waals surface area contributed by atoms with Gasteiger partial charge in [0.2, 0.25) is 0 Å². The molecule has 1 N–H and O–H groups in total. The minimum atomic E-state index is -0.179. The summed E-state index contributed by atoms with van der Waals surface area (Å²) in [6.45, 7) is 4.67. The van der Waals surface area contributed by atoms with Crippen molar-refractivity contribution in [2.24, 2.45) is 10.9 Å². The van der Waals surface area contributed by atoms with Crippen molar-refractivity contribution in [3.8, 4) is 11.5 Å². The van der Waals surface area contributed by atoms with Crippen molar-refractivity contribution < 1.29 is 13.9 Å². The van der Waals surface area contributed by atoms with E-state index in [1.807, 2.05) is 30.3 Å². The van der Waals surface area contributed by atoms with Crippen LogP contribution in [0.2, 0.25) is 0 Å². The lowest BCUT2D eigenvalue weighted by molar-refractivity contribution is 0.0948. The third-order valence-corrected chi connectivity index (χ3v) is 4.50. The number of amides is 1. The maximum atomic E-state index is 12.5. The molecule has 2 heterocycles. The van der Waals surface area contributed by atoms with Gasteiger partial charge in [0.1, 0.15) is 17.2 Å². The standard InChI is InChI=1S/C23H22N2O3/c1-15(2)12-19-18-7-3-4-8-21(18)28-22-10-9-16(13-20(22)25-19)23(26)24-14-17-6-5-11-27-17/h3-11,13,15H,12,14H2,1-2H3,(H,24,26). The van der Waals surface area contributed by atoms with Crippen LogP contribution in [-0.4, -0.2) is 11.6 Å². The fourth-order valence-corrected chi connectivity index (χ4v) is 3.18. The van der Waals surface area contributed by atoms with Crippen LogP contribution in [0.3, 0.4) is 0 Å². The summed E-state index contributed by atoms with van der Waals surface area (Å²) >= 11 is 0. The average molecular weight is 374 g/mol. The van der Waals surface area contributed by atoms with Gasteiger partial charge >= 0.3 is 0 Å². The van der Waals surface area contributed by atoms with Crippen molar-refractivity contribution in [3.63, 3.8) is 0 Å². The van der Waals surface area contributed by atoms with E-state index in [9.17, 15) is 4.79 Å². The van der Waals surface area contributed by atoms with Gasteiger partial charge in [-0.25, -0.2) is 4.99 Å². The molecule has 1 amide bonds. The number of nitrogens with one attached hydrogen (secondary N) is 1. The first-order valence-corrected chi connectivity index (χ1v) is 9.39. The van der Waals surface area contributed by atoms with Crippen molar-refractivity contribution in [1.29, 1.82) is 0 Å². The Bertz CT molecular complexity index is 1020. The minimum absolute atomic E-state index is 0.179. The second-order valence-corrected chi connectivity index (χ2v) is 7.20. The monoisotopic (exact) mass is 374 g/mol. The van der Waals surface area contributed by atoms with Gasteiger partial charge in [-0.2, -0.15) is 0 Å². The second kappa shape index (κ2) is 7.72. The Morgan fingerprint density at radius 1 is 1.07 bits per heavy atom. The van der Waals surface area contributed by atoms with E-state index < -0.39 is 0 Å². The summed E-state index contributed by atoms with van der Waals surface area (Å²) in [6, 6.07) is 16.9. The summed E-state index contributed by atoms with van der Waals surface area (Å²) in [7, 11) is 0. The highest BCUT2D eigenvalue weighted by molar-refractivity contribution is 6.06. The molecular formula is C23H22N2O3. The number of carbonyl (C=O) groups excluding carboxylic acids is 1. The van der Waals surface area contributed by atoms with Gasteiger partial charge in [-0.1, -0.05) is 26.0 Å². The van der Waals surface area contributed by atoms with Gasteiger partial charge in [0.15, 0.2) is 5.75 Å². The number of fused-ring (bicyclic) bond motifs is 2. The van der Waals surface area contributed by atoms with E-state index in [0.29, 0.717) is 35.2 Å². The molecule has 0 saturated carbocycles. The first-order chi connectivity index (χ1) is 13.6. The third-order valence-electron chi connectivity index (χ3n) is 4.50. The molecule has 0 fully saturated rings. The van der Waals surface area contributed by atoms with Crippen molar-refractivity contribution in [2.75, 3.05) is 0 Å². The molecule has 28 heavy (non-hydrogen) atoms. The third kappa shape index (κ3) is 3.83. The molecule has 5 heteroatoms. The number of furan rings is 1. The molecule has 5 nitrogen and oxygen atoms in total. The smallest absolute Gasteiger partial charge is 0.251 e. The average Bonchev–Trinajstić information content (AvgIpc) is 3.15. The van der Waals surface area contributed by atoms with E-state index in [-0.39, 0.29) is 5.91 Å². The van der Waals surface area contributed by atoms with Crippen LogP contribution in [0.4, 0.5) is 5.69 Å². The number of benzene rings is 2. The zero-order chi connectivity index (χ0) is 19.5. The number of nitrogens with zero attached hydrogens (tertiary/aromatic N) is 1. The van der Waals surface area contributed by atoms with Gasteiger partial charge in [-0.05, 0) is 54.8 Å². The molecule has 2 aromatic carbocycles. The largest absolute Gasteiger partial charge is 0.467 e. The summed E-state index contributed by atoms with van der Waals surface area (Å²) in [5.41, 5.74) is 3.17. The fraction of sp³-hybridized carbons (Fsp3) is 0.217. The molecule has 0 bridgehead atoms. The molecule has 0 unspecified atom stereocenters. The lowest BCUT2D eigenvalue weighted by Crippen LogP contribution is -2.22. The molecule has 4 rings (SSSR count). The van der Waals surface area contributed by atoms with Gasteiger partial charge in [0.25, 0.3) is 5.91 Å². The predicted molar refractivity (Wildman–Crippen MR) is 108 cm³/mol. The number of hydrogen-bond donors (Lipinski definition) is 1. The Labute approximate surface area is 164 Å². The maximum Gasteiger partial charge on any atom is 0.251 e. The summed E-state index contributed by atoms with van der Waals surface area (Å²) < 4.78 is 11.4. The van der Waals surface area contributed by atoms with E-state index in [4.69, 9.17) is 14.1 Å². The van der Waals surface area contributed by atoms with Crippen LogP contribution >= 0.6 is 0 Å². The molecule has 0 radical (unpaired) electrons. The Balaban J connectivity index is 1.65. The van der Waals surface area contributed by atoms with E-state index in [1.54, 1.807) is 30.5 Å². The second-order valence-electron chi connectivity index (χ2n) is 7.20. The Morgan fingerprint density at radius 2 is 1.93 bits per heavy atom. The summed E-state index contributed by atoms with van der Waals surface area (Å²) in [5, 5.41) is 2.86. The van der Waals surface area contributed by atoms with Crippen LogP contribution in [0.5, 0.6) is 11.5 Å². The van der Waals surface area contributed by atoms with Crippen LogP contribution in [0.25, 0.3) is 0 Å². The Morgan fingerprint density at radius 3 is 2.71 bits per heavy atom. The van der Waals surface area contributed by atoms with Gasteiger partial charge in [0.05, 0.1) is 18.5 Å². The molecule has 0 atom stereocenters. The van der Waals surface area contributed by atoms with E-state index >= 15 is 0 Å². The van der Waals surface area contributed by atoms with Gasteiger partial charge in [-0.15, -0.1) is 0 Å². The fourth-order valence-electron chi connectivity index (χ4n) is 3.18. The summed E-state index contributed by atoms with van der Waals surface area (Å²) in [5.74, 6) is 2.42. The summed E-state index contributed by atoms with van der Waals surface area (Å²) in [4.78, 5) is 17.4. The lowest BCUT2D eigenvalue weighted by atomic mass is 9.99. The zero-order valence-corrected chi connectivity index (χ0v) is 15.9. The number of carbonyl (C=O) groups is 1. The van der Waals surface area contributed by atoms with Crippen molar-refractivity contribution in [1.82, 2.24) is 5.32 Å². The number of aliphatic imine (C=N–C) groups is 1. The van der Waals surface area contributed by atoms with Crippen molar-refractivity contribution >= 4 is 17.3 Å². The van der Waals surface area contributed by atoms with E-state index in [1.165, 1.54) is 0 Å². The van der Waals surface area contributed by atoms with Crippen molar-refractivity contribution in [2.45, 2.75) is 26.8 Å². The molecule has 1 aromatic heterocycles. The summed E-state index contributed by atoms with van der Waals surface area (Å²) in [6.07, 6.45) is 2.42. The minimum Gasteiger partial charge on any atom is -0.467 e. The molecule has 0 saturated heterocycles. The quantitative estimate of drug-likeness (QED) is 0.643. The van der Waals surface area contributed by atoms with Crippen LogP contribution in [-0.2, 0) is 6.54 Å². The highest BCUT2D eigenvalue weighted by Crippen LogP contribution is 2.39. The molecule has 1 aliphatic heterocycles. The van der Waals surface area contributed by atoms with Crippen LogP contribution < -0.4 is 10.1 Å². The normalized spacial score (nSPS) is 12.5.